The third-order valence-electron chi connectivity index (χ3n) is 1.68. The number of anilines is 1. The highest BCUT2D eigenvalue weighted by molar-refractivity contribution is 5.79. The Morgan fingerprint density at radius 1 is 1.57 bits per heavy atom. The molecule has 0 saturated heterocycles. The van der Waals surface area contributed by atoms with Crippen LogP contribution in [-0.4, -0.2) is 12.0 Å². The number of rotatable bonds is 3. The summed E-state index contributed by atoms with van der Waals surface area (Å²) in [7, 11) is 0. The Morgan fingerprint density at radius 3 is 2.71 bits per heavy atom. The normalized spacial score (nSPS) is 12.1. The molecule has 5 heteroatoms. The van der Waals surface area contributed by atoms with Crippen molar-refractivity contribution < 1.29 is 13.9 Å². The van der Waals surface area contributed by atoms with Crippen LogP contribution in [0.1, 0.15) is 6.92 Å². The first-order valence-electron chi connectivity index (χ1n) is 4.01. The van der Waals surface area contributed by atoms with Crippen LogP contribution >= 0.6 is 0 Å². The lowest BCUT2D eigenvalue weighted by Gasteiger charge is -2.12. The van der Waals surface area contributed by atoms with Crippen LogP contribution in [0.5, 0.6) is 5.75 Å². The van der Waals surface area contributed by atoms with Crippen molar-refractivity contribution in [1.82, 2.24) is 0 Å². The first-order chi connectivity index (χ1) is 6.50. The van der Waals surface area contributed by atoms with Crippen LogP contribution in [0, 0.1) is 5.82 Å². The standard InChI is InChI=1S/C9H11FN2O2/c1-5(9(12)13)14-8-3-2-6(10)4-7(8)11/h2-5H,11H2,1H3,(H2,12,13). The molecule has 14 heavy (non-hydrogen) atoms. The van der Waals surface area contributed by atoms with Gasteiger partial charge in [0, 0.05) is 6.07 Å². The molecule has 0 saturated carbocycles. The Morgan fingerprint density at radius 2 is 2.21 bits per heavy atom. The number of nitrogens with two attached hydrogens (primary N) is 2. The van der Waals surface area contributed by atoms with Crippen LogP contribution in [-0.2, 0) is 4.79 Å². The minimum atomic E-state index is -0.789. The summed E-state index contributed by atoms with van der Waals surface area (Å²) in [4.78, 5) is 10.7. The molecule has 4 nitrogen and oxygen atoms in total. The molecule has 0 spiro atoms. The Bertz CT molecular complexity index is 355. The van der Waals surface area contributed by atoms with Crippen molar-refractivity contribution in [2.45, 2.75) is 13.0 Å². The van der Waals surface area contributed by atoms with Crippen LogP contribution in [0.4, 0.5) is 10.1 Å². The lowest BCUT2D eigenvalue weighted by molar-refractivity contribution is -0.123. The molecule has 0 fully saturated rings. The summed E-state index contributed by atoms with van der Waals surface area (Å²) in [5.41, 5.74) is 10.6. The molecular weight excluding hydrogens is 187 g/mol. The second kappa shape index (κ2) is 3.95. The molecule has 1 atom stereocenters. The van der Waals surface area contributed by atoms with Gasteiger partial charge in [0.15, 0.2) is 6.10 Å². The van der Waals surface area contributed by atoms with E-state index in [0.717, 1.165) is 6.07 Å². The van der Waals surface area contributed by atoms with E-state index in [9.17, 15) is 9.18 Å². The predicted octanol–water partition coefficient (Wildman–Crippen LogP) is 0.661. The average Bonchev–Trinajstić information content (AvgIpc) is 2.09. The van der Waals surface area contributed by atoms with Gasteiger partial charge in [0.25, 0.3) is 5.91 Å². The van der Waals surface area contributed by atoms with Gasteiger partial charge >= 0.3 is 0 Å². The Kier molecular flexibility index (Phi) is 2.91. The van der Waals surface area contributed by atoms with E-state index in [1.165, 1.54) is 19.1 Å². The van der Waals surface area contributed by atoms with E-state index in [1.807, 2.05) is 0 Å². The van der Waals surface area contributed by atoms with E-state index in [-0.39, 0.29) is 11.4 Å². The molecule has 0 radical (unpaired) electrons. The Labute approximate surface area is 80.6 Å². The zero-order valence-electron chi connectivity index (χ0n) is 7.66. The predicted molar refractivity (Wildman–Crippen MR) is 50.1 cm³/mol. The molecule has 76 valence electrons. The average molecular weight is 198 g/mol. The van der Waals surface area contributed by atoms with Crippen molar-refractivity contribution in [3.05, 3.63) is 24.0 Å². The third kappa shape index (κ3) is 2.35. The maximum atomic E-state index is 12.6. The number of hydrogen-bond acceptors (Lipinski definition) is 3. The Hall–Kier alpha value is -1.78. The minimum Gasteiger partial charge on any atom is -0.479 e. The molecule has 0 aliphatic heterocycles. The fourth-order valence-electron chi connectivity index (χ4n) is 0.875. The van der Waals surface area contributed by atoms with Crippen LogP contribution in [0.25, 0.3) is 0 Å². The lowest BCUT2D eigenvalue weighted by atomic mass is 10.3. The number of benzene rings is 1. The van der Waals surface area contributed by atoms with Gasteiger partial charge in [0.2, 0.25) is 0 Å². The first kappa shape index (κ1) is 10.3. The van der Waals surface area contributed by atoms with Gasteiger partial charge in [0.05, 0.1) is 5.69 Å². The molecule has 4 N–H and O–H groups in total. The summed E-state index contributed by atoms with van der Waals surface area (Å²) in [6.45, 7) is 1.49. The second-order valence-electron chi connectivity index (χ2n) is 2.84. The first-order valence-corrected chi connectivity index (χ1v) is 4.01. The van der Waals surface area contributed by atoms with Crippen molar-refractivity contribution in [2.24, 2.45) is 5.73 Å². The van der Waals surface area contributed by atoms with Crippen LogP contribution in [0.2, 0.25) is 0 Å². The molecule has 1 rings (SSSR count). The van der Waals surface area contributed by atoms with Gasteiger partial charge in [-0.25, -0.2) is 4.39 Å². The SMILES string of the molecule is CC(Oc1ccc(F)cc1N)C(N)=O. The Balaban J connectivity index is 2.82. The van der Waals surface area contributed by atoms with E-state index >= 15 is 0 Å². The molecule has 0 aliphatic rings. The number of amides is 1. The van der Waals surface area contributed by atoms with Crippen LogP contribution < -0.4 is 16.2 Å². The third-order valence-corrected chi connectivity index (χ3v) is 1.68. The van der Waals surface area contributed by atoms with Crippen molar-refractivity contribution in [3.63, 3.8) is 0 Å². The van der Waals surface area contributed by atoms with Gasteiger partial charge in [0.1, 0.15) is 11.6 Å². The number of carbonyl (C=O) groups excluding carboxylic acids is 1. The summed E-state index contributed by atoms with van der Waals surface area (Å²) in [6.07, 6.45) is -0.789. The van der Waals surface area contributed by atoms with Gasteiger partial charge in [-0.15, -0.1) is 0 Å². The smallest absolute Gasteiger partial charge is 0.258 e. The van der Waals surface area contributed by atoms with Crippen molar-refractivity contribution in [3.8, 4) is 5.75 Å². The molecule has 1 aromatic carbocycles. The van der Waals surface area contributed by atoms with Crippen molar-refractivity contribution >= 4 is 11.6 Å². The minimum absolute atomic E-state index is 0.137. The van der Waals surface area contributed by atoms with Gasteiger partial charge in [-0.3, -0.25) is 4.79 Å². The van der Waals surface area contributed by atoms with Gasteiger partial charge in [-0.05, 0) is 19.1 Å². The monoisotopic (exact) mass is 198 g/mol. The summed E-state index contributed by atoms with van der Waals surface area (Å²) in [5.74, 6) is -0.812. The maximum absolute atomic E-state index is 12.6. The highest BCUT2D eigenvalue weighted by atomic mass is 19.1. The van der Waals surface area contributed by atoms with E-state index in [0.29, 0.717) is 0 Å². The van der Waals surface area contributed by atoms with Crippen LogP contribution in [0.3, 0.4) is 0 Å². The van der Waals surface area contributed by atoms with Crippen molar-refractivity contribution in [2.75, 3.05) is 5.73 Å². The number of carbonyl (C=O) groups is 1. The summed E-state index contributed by atoms with van der Waals surface area (Å²) in [6, 6.07) is 3.66. The van der Waals surface area contributed by atoms with E-state index in [4.69, 9.17) is 16.2 Å². The summed E-state index contributed by atoms with van der Waals surface area (Å²) < 4.78 is 17.7. The van der Waals surface area contributed by atoms with Gasteiger partial charge in [-0.1, -0.05) is 0 Å². The molecule has 1 aromatic rings. The topological polar surface area (TPSA) is 78.3 Å². The quantitative estimate of drug-likeness (QED) is 0.700. The number of halogens is 1. The van der Waals surface area contributed by atoms with E-state index in [2.05, 4.69) is 0 Å². The number of hydrogen-bond donors (Lipinski definition) is 2. The highest BCUT2D eigenvalue weighted by Crippen LogP contribution is 2.22. The maximum Gasteiger partial charge on any atom is 0.258 e. The van der Waals surface area contributed by atoms with Gasteiger partial charge < -0.3 is 16.2 Å². The molecule has 0 aromatic heterocycles. The molecule has 0 bridgehead atoms. The van der Waals surface area contributed by atoms with E-state index in [1.54, 1.807) is 0 Å². The largest absolute Gasteiger partial charge is 0.479 e. The molecular formula is C9H11FN2O2. The van der Waals surface area contributed by atoms with Crippen molar-refractivity contribution in [1.29, 1.82) is 0 Å². The summed E-state index contributed by atoms with van der Waals surface area (Å²) >= 11 is 0. The fraction of sp³-hybridized carbons (Fsp3) is 0.222. The molecule has 0 heterocycles. The highest BCUT2D eigenvalue weighted by Gasteiger charge is 2.12. The van der Waals surface area contributed by atoms with E-state index < -0.39 is 17.8 Å². The summed E-state index contributed by atoms with van der Waals surface area (Å²) in [5, 5.41) is 0. The number of ether oxygens (including phenoxy) is 1. The molecule has 1 amide bonds. The fourth-order valence-corrected chi connectivity index (χ4v) is 0.875. The number of nitrogen functional groups attached to an aromatic ring is 1. The lowest BCUT2D eigenvalue weighted by Crippen LogP contribution is -2.30. The second-order valence-corrected chi connectivity index (χ2v) is 2.84. The zero-order valence-corrected chi connectivity index (χ0v) is 7.66. The number of primary amides is 1. The molecule has 1 unspecified atom stereocenters. The zero-order chi connectivity index (χ0) is 10.7. The van der Waals surface area contributed by atoms with Crippen LogP contribution in [0.15, 0.2) is 18.2 Å². The molecule has 0 aliphatic carbocycles. The van der Waals surface area contributed by atoms with Gasteiger partial charge in [-0.2, -0.15) is 0 Å².